The zero-order valence-electron chi connectivity index (χ0n) is 15.3. The molecule has 0 aliphatic heterocycles. The Hall–Kier alpha value is -2.69. The van der Waals surface area contributed by atoms with Crippen molar-refractivity contribution in [1.29, 1.82) is 0 Å². The first-order chi connectivity index (χ1) is 12.4. The molecule has 132 valence electrons. The van der Waals surface area contributed by atoms with Crippen molar-refractivity contribution in [3.63, 3.8) is 0 Å². The molecule has 2 atom stereocenters. The Balaban J connectivity index is 1.56. The van der Waals surface area contributed by atoms with E-state index in [-0.39, 0.29) is 5.56 Å². The van der Waals surface area contributed by atoms with Crippen LogP contribution in [0.15, 0.2) is 46.1 Å². The third-order valence-corrected chi connectivity index (χ3v) is 6.49. The van der Waals surface area contributed by atoms with E-state index >= 15 is 0 Å². The number of hydrogen-bond donors (Lipinski definition) is 1. The van der Waals surface area contributed by atoms with Gasteiger partial charge in [-0.05, 0) is 54.7 Å². The molecule has 2 aromatic heterocycles. The van der Waals surface area contributed by atoms with Crippen molar-refractivity contribution in [1.82, 2.24) is 14.6 Å². The molecule has 1 N–H and O–H groups in total. The minimum atomic E-state index is -0.165. The first-order valence-electron chi connectivity index (χ1n) is 9.19. The molecule has 2 unspecified atom stereocenters. The van der Waals surface area contributed by atoms with Gasteiger partial charge in [-0.2, -0.15) is 9.78 Å². The number of allylic oxidation sites excluding steroid dienone is 2. The van der Waals surface area contributed by atoms with Crippen molar-refractivity contribution in [3.8, 4) is 0 Å². The largest absolute Gasteiger partial charge is 0.349 e. The summed E-state index contributed by atoms with van der Waals surface area (Å²) in [5.74, 6) is 1.34. The van der Waals surface area contributed by atoms with Crippen molar-refractivity contribution >= 4 is 28.2 Å². The van der Waals surface area contributed by atoms with Crippen molar-refractivity contribution in [2.24, 2.45) is 22.4 Å². The molecule has 1 aromatic carbocycles. The van der Waals surface area contributed by atoms with Crippen LogP contribution >= 0.6 is 0 Å². The number of H-pyrrole nitrogens is 1. The standard InChI is InChI=1S/C21H22N4O/c1-12-4-7-17-15(8-12)18-19(24-17)20(26)25(11-22-18)23-10-13-5-6-14-9-16(13)21(14,2)3/h4-5,7-8,10-11,14,16,24H,6,9H2,1-3H3. The fourth-order valence-electron chi connectivity index (χ4n) is 4.62. The molecule has 1 fully saturated rings. The van der Waals surface area contributed by atoms with E-state index in [2.05, 4.69) is 41.1 Å². The molecule has 5 nitrogen and oxygen atoms in total. The van der Waals surface area contributed by atoms with Crippen LogP contribution in [0.3, 0.4) is 0 Å². The lowest BCUT2D eigenvalue weighted by molar-refractivity contribution is -0.00127. The second kappa shape index (κ2) is 5.16. The fourth-order valence-corrected chi connectivity index (χ4v) is 4.62. The Morgan fingerprint density at radius 1 is 1.38 bits per heavy atom. The SMILES string of the molecule is Cc1ccc2[nH]c3c(=O)n(N=CC4=CCC5CC4C5(C)C)cnc3c2c1. The Labute approximate surface area is 151 Å². The van der Waals surface area contributed by atoms with Gasteiger partial charge in [0.15, 0.2) is 0 Å². The first-order valence-corrected chi connectivity index (χ1v) is 9.19. The van der Waals surface area contributed by atoms with Crippen molar-refractivity contribution < 1.29 is 0 Å². The molecule has 1 saturated carbocycles. The van der Waals surface area contributed by atoms with Crippen LogP contribution in [0.1, 0.15) is 32.3 Å². The van der Waals surface area contributed by atoms with Crippen LogP contribution in [0, 0.1) is 24.2 Å². The van der Waals surface area contributed by atoms with Crippen molar-refractivity contribution in [3.05, 3.63) is 52.1 Å². The zero-order chi connectivity index (χ0) is 18.1. The van der Waals surface area contributed by atoms with Gasteiger partial charge in [0.1, 0.15) is 17.4 Å². The molecule has 3 aliphatic rings. The summed E-state index contributed by atoms with van der Waals surface area (Å²) in [5, 5.41) is 5.41. The average Bonchev–Trinajstić information content (AvgIpc) is 3.00. The van der Waals surface area contributed by atoms with Gasteiger partial charge in [-0.15, -0.1) is 0 Å². The monoisotopic (exact) mass is 346 g/mol. The molecule has 6 rings (SSSR count). The third-order valence-electron chi connectivity index (χ3n) is 6.49. The predicted octanol–water partition coefficient (Wildman–Crippen LogP) is 4.01. The molecule has 0 spiro atoms. The quantitative estimate of drug-likeness (QED) is 0.713. The maximum atomic E-state index is 12.8. The summed E-state index contributed by atoms with van der Waals surface area (Å²) in [6, 6.07) is 6.06. The van der Waals surface area contributed by atoms with E-state index in [0.717, 1.165) is 28.8 Å². The molecular formula is C21H22N4O. The Bertz CT molecular complexity index is 1160. The topological polar surface area (TPSA) is 63.0 Å². The summed E-state index contributed by atoms with van der Waals surface area (Å²) < 4.78 is 1.34. The van der Waals surface area contributed by atoms with E-state index in [4.69, 9.17) is 0 Å². The van der Waals surface area contributed by atoms with Crippen LogP contribution in [0.5, 0.6) is 0 Å². The minimum Gasteiger partial charge on any atom is -0.349 e. The van der Waals surface area contributed by atoms with Crippen LogP contribution in [0.4, 0.5) is 0 Å². The van der Waals surface area contributed by atoms with Crippen LogP contribution in [0.25, 0.3) is 21.9 Å². The number of rotatable bonds is 2. The van der Waals surface area contributed by atoms with Gasteiger partial charge in [-0.1, -0.05) is 31.6 Å². The van der Waals surface area contributed by atoms with Gasteiger partial charge in [0.05, 0.1) is 6.21 Å². The molecule has 3 aliphatic carbocycles. The van der Waals surface area contributed by atoms with E-state index in [9.17, 15) is 4.79 Å². The number of aromatic amines is 1. The van der Waals surface area contributed by atoms with Gasteiger partial charge in [0, 0.05) is 10.9 Å². The van der Waals surface area contributed by atoms with Crippen LogP contribution in [-0.2, 0) is 0 Å². The molecule has 5 heteroatoms. The van der Waals surface area contributed by atoms with Gasteiger partial charge in [-0.25, -0.2) is 4.98 Å². The molecule has 2 bridgehead atoms. The number of nitrogens with zero attached hydrogens (tertiary/aromatic N) is 3. The molecule has 0 amide bonds. The molecular weight excluding hydrogens is 324 g/mol. The van der Waals surface area contributed by atoms with Gasteiger partial charge in [-0.3, -0.25) is 4.79 Å². The van der Waals surface area contributed by atoms with E-state index in [1.807, 2.05) is 25.3 Å². The van der Waals surface area contributed by atoms with Crippen LogP contribution in [-0.4, -0.2) is 20.9 Å². The number of hydrogen-bond acceptors (Lipinski definition) is 3. The summed E-state index contributed by atoms with van der Waals surface area (Å²) in [6.07, 6.45) is 7.99. The second-order valence-electron chi connectivity index (χ2n) is 8.28. The maximum Gasteiger partial charge on any atom is 0.298 e. The lowest BCUT2D eigenvalue weighted by atomic mass is 9.49. The highest BCUT2D eigenvalue weighted by Crippen LogP contribution is 2.58. The fraction of sp³-hybridized carbons (Fsp3) is 0.381. The highest BCUT2D eigenvalue weighted by Gasteiger charge is 2.50. The lowest BCUT2D eigenvalue weighted by Crippen LogP contribution is -2.48. The number of benzene rings is 1. The van der Waals surface area contributed by atoms with Gasteiger partial charge < -0.3 is 4.98 Å². The number of aryl methyl sites for hydroxylation is 1. The average molecular weight is 346 g/mol. The van der Waals surface area contributed by atoms with Gasteiger partial charge in [0.2, 0.25) is 0 Å². The van der Waals surface area contributed by atoms with E-state index in [0.29, 0.717) is 22.4 Å². The van der Waals surface area contributed by atoms with E-state index in [1.165, 1.54) is 23.0 Å². The summed E-state index contributed by atoms with van der Waals surface area (Å²) in [7, 11) is 0. The predicted molar refractivity (Wildman–Crippen MR) is 105 cm³/mol. The van der Waals surface area contributed by atoms with Crippen molar-refractivity contribution in [2.45, 2.75) is 33.6 Å². The maximum absolute atomic E-state index is 12.8. The summed E-state index contributed by atoms with van der Waals surface area (Å²) in [6.45, 7) is 6.70. The Morgan fingerprint density at radius 2 is 2.23 bits per heavy atom. The Morgan fingerprint density at radius 3 is 3.00 bits per heavy atom. The minimum absolute atomic E-state index is 0.165. The third kappa shape index (κ3) is 2.06. The molecule has 3 aromatic rings. The summed E-state index contributed by atoms with van der Waals surface area (Å²) in [5.41, 5.74) is 4.71. The first kappa shape index (κ1) is 15.6. The smallest absolute Gasteiger partial charge is 0.298 e. The summed E-state index contributed by atoms with van der Waals surface area (Å²) in [4.78, 5) is 20.5. The lowest BCUT2D eigenvalue weighted by Gasteiger charge is -2.55. The number of aromatic nitrogens is 3. The highest BCUT2D eigenvalue weighted by atomic mass is 16.1. The van der Waals surface area contributed by atoms with E-state index < -0.39 is 0 Å². The Kier molecular flexibility index (Phi) is 3.09. The van der Waals surface area contributed by atoms with Crippen LogP contribution < -0.4 is 5.56 Å². The zero-order valence-corrected chi connectivity index (χ0v) is 15.3. The summed E-state index contributed by atoms with van der Waals surface area (Å²) >= 11 is 0. The second-order valence-corrected chi connectivity index (χ2v) is 8.28. The molecule has 0 saturated heterocycles. The molecule has 26 heavy (non-hydrogen) atoms. The van der Waals surface area contributed by atoms with E-state index in [1.54, 1.807) is 0 Å². The van der Waals surface area contributed by atoms with Crippen molar-refractivity contribution in [2.75, 3.05) is 0 Å². The normalized spacial score (nSPS) is 24.2. The molecule has 2 heterocycles. The number of nitrogens with one attached hydrogen (secondary N) is 1. The van der Waals surface area contributed by atoms with Gasteiger partial charge in [0.25, 0.3) is 5.56 Å². The highest BCUT2D eigenvalue weighted by molar-refractivity contribution is 6.04. The van der Waals surface area contributed by atoms with Gasteiger partial charge >= 0.3 is 0 Å². The van der Waals surface area contributed by atoms with Crippen LogP contribution in [0.2, 0.25) is 0 Å². The molecule has 0 radical (unpaired) electrons. The number of fused-ring (bicyclic) bond motifs is 4.